The third-order valence-electron chi connectivity index (χ3n) is 2.53. The van der Waals surface area contributed by atoms with Crippen LogP contribution in [0, 0.1) is 6.92 Å². The molecular formula is C11H7ClN2O2. The molecule has 0 atom stereocenters. The first-order valence-corrected chi connectivity index (χ1v) is 5.10. The monoisotopic (exact) mass is 234 g/mol. The molecule has 0 bridgehead atoms. The van der Waals surface area contributed by atoms with Crippen molar-refractivity contribution in [1.29, 1.82) is 0 Å². The lowest BCUT2D eigenvalue weighted by Gasteiger charge is -2.01. The number of hydrogen-bond donors (Lipinski definition) is 1. The van der Waals surface area contributed by atoms with E-state index in [1.807, 2.05) is 13.0 Å². The van der Waals surface area contributed by atoms with Gasteiger partial charge in [0.1, 0.15) is 5.52 Å². The van der Waals surface area contributed by atoms with Gasteiger partial charge in [0.25, 0.3) is 0 Å². The Morgan fingerprint density at radius 2 is 2.25 bits per heavy atom. The van der Waals surface area contributed by atoms with E-state index in [9.17, 15) is 4.79 Å². The van der Waals surface area contributed by atoms with Gasteiger partial charge in [0.05, 0.1) is 11.7 Å². The first-order chi connectivity index (χ1) is 7.65. The van der Waals surface area contributed by atoms with E-state index in [-0.39, 0.29) is 0 Å². The molecule has 3 aromatic rings. The van der Waals surface area contributed by atoms with Crippen molar-refractivity contribution in [2.45, 2.75) is 6.92 Å². The van der Waals surface area contributed by atoms with Crippen molar-refractivity contribution in [3.63, 3.8) is 0 Å². The van der Waals surface area contributed by atoms with E-state index in [2.05, 4.69) is 9.97 Å². The predicted octanol–water partition coefficient (Wildman–Crippen LogP) is 2.63. The third-order valence-corrected chi connectivity index (χ3v) is 2.94. The SMILES string of the molecule is Cc1cc2c(cc1Cl)ncc1[nH]c(=O)oc12. The van der Waals surface area contributed by atoms with Crippen molar-refractivity contribution in [3.05, 3.63) is 39.5 Å². The fraction of sp³-hybridized carbons (Fsp3) is 0.0909. The lowest BCUT2D eigenvalue weighted by molar-refractivity contribution is 0.558. The molecule has 0 spiro atoms. The summed E-state index contributed by atoms with van der Waals surface area (Å²) < 4.78 is 5.08. The molecule has 0 radical (unpaired) electrons. The highest BCUT2D eigenvalue weighted by molar-refractivity contribution is 6.32. The van der Waals surface area contributed by atoms with Crippen molar-refractivity contribution in [2.75, 3.05) is 0 Å². The van der Waals surface area contributed by atoms with Crippen LogP contribution in [0.25, 0.3) is 22.0 Å². The molecule has 80 valence electrons. The molecule has 0 aliphatic carbocycles. The molecule has 4 nitrogen and oxygen atoms in total. The molecule has 1 N–H and O–H groups in total. The van der Waals surface area contributed by atoms with E-state index in [1.54, 1.807) is 12.3 Å². The van der Waals surface area contributed by atoms with E-state index in [0.717, 1.165) is 10.9 Å². The molecule has 3 rings (SSSR count). The average Bonchev–Trinajstić information content (AvgIpc) is 2.61. The number of hydrogen-bond acceptors (Lipinski definition) is 3. The van der Waals surface area contributed by atoms with Crippen LogP contribution in [0.2, 0.25) is 5.02 Å². The third kappa shape index (κ3) is 1.23. The van der Waals surface area contributed by atoms with E-state index >= 15 is 0 Å². The van der Waals surface area contributed by atoms with Crippen molar-refractivity contribution >= 4 is 33.6 Å². The van der Waals surface area contributed by atoms with Crippen LogP contribution in [0.5, 0.6) is 0 Å². The second-order valence-electron chi connectivity index (χ2n) is 3.63. The van der Waals surface area contributed by atoms with Gasteiger partial charge >= 0.3 is 5.76 Å². The number of nitrogens with one attached hydrogen (secondary N) is 1. The number of halogens is 1. The second-order valence-corrected chi connectivity index (χ2v) is 4.04. The quantitative estimate of drug-likeness (QED) is 0.651. The van der Waals surface area contributed by atoms with Gasteiger partial charge in [-0.2, -0.15) is 0 Å². The fourth-order valence-electron chi connectivity index (χ4n) is 1.72. The highest BCUT2D eigenvalue weighted by Gasteiger charge is 2.08. The van der Waals surface area contributed by atoms with Crippen molar-refractivity contribution < 1.29 is 4.42 Å². The van der Waals surface area contributed by atoms with Gasteiger partial charge in [0.2, 0.25) is 0 Å². The lowest BCUT2D eigenvalue weighted by Crippen LogP contribution is -1.92. The summed E-state index contributed by atoms with van der Waals surface area (Å²) in [5.41, 5.74) is 2.76. The number of rotatable bonds is 0. The van der Waals surface area contributed by atoms with Crippen LogP contribution < -0.4 is 5.76 Å². The Balaban J connectivity index is 2.59. The molecule has 0 unspecified atom stereocenters. The Kier molecular flexibility index (Phi) is 1.82. The maximum absolute atomic E-state index is 11.1. The second kappa shape index (κ2) is 3.09. The minimum atomic E-state index is -0.475. The van der Waals surface area contributed by atoms with Crippen LogP contribution in [-0.4, -0.2) is 9.97 Å². The number of pyridine rings is 1. The number of benzene rings is 1. The van der Waals surface area contributed by atoms with Crippen LogP contribution in [0.15, 0.2) is 27.5 Å². The lowest BCUT2D eigenvalue weighted by atomic mass is 10.1. The molecular weight excluding hydrogens is 228 g/mol. The van der Waals surface area contributed by atoms with Crippen LogP contribution in [-0.2, 0) is 0 Å². The topological polar surface area (TPSA) is 58.9 Å². The summed E-state index contributed by atoms with van der Waals surface area (Å²) >= 11 is 6.00. The van der Waals surface area contributed by atoms with Gasteiger partial charge in [-0.1, -0.05) is 11.6 Å². The van der Waals surface area contributed by atoms with Crippen molar-refractivity contribution in [2.24, 2.45) is 0 Å². The van der Waals surface area contributed by atoms with Gasteiger partial charge in [-0.05, 0) is 24.6 Å². The molecule has 0 saturated heterocycles. The van der Waals surface area contributed by atoms with Crippen LogP contribution in [0.3, 0.4) is 0 Å². The van der Waals surface area contributed by atoms with Crippen LogP contribution in [0.1, 0.15) is 5.56 Å². The zero-order valence-electron chi connectivity index (χ0n) is 8.37. The fourth-order valence-corrected chi connectivity index (χ4v) is 1.88. The largest absolute Gasteiger partial charge is 0.417 e. The number of oxazole rings is 1. The summed E-state index contributed by atoms with van der Waals surface area (Å²) in [6, 6.07) is 3.63. The molecule has 0 saturated carbocycles. The number of aromatic nitrogens is 2. The molecule has 0 amide bonds. The van der Waals surface area contributed by atoms with E-state index in [4.69, 9.17) is 16.0 Å². The van der Waals surface area contributed by atoms with E-state index in [1.165, 1.54) is 0 Å². The Hall–Kier alpha value is -1.81. The molecule has 16 heavy (non-hydrogen) atoms. The normalized spacial score (nSPS) is 11.4. The first kappa shape index (κ1) is 9.42. The van der Waals surface area contributed by atoms with Crippen molar-refractivity contribution in [3.8, 4) is 0 Å². The average molecular weight is 235 g/mol. The van der Waals surface area contributed by atoms with Gasteiger partial charge in [0, 0.05) is 10.4 Å². The summed E-state index contributed by atoms with van der Waals surface area (Å²) in [7, 11) is 0. The summed E-state index contributed by atoms with van der Waals surface area (Å²) in [4.78, 5) is 17.9. The summed E-state index contributed by atoms with van der Waals surface area (Å²) in [5, 5.41) is 1.44. The Morgan fingerprint density at radius 3 is 3.06 bits per heavy atom. The Bertz CT molecular complexity index is 758. The van der Waals surface area contributed by atoms with E-state index in [0.29, 0.717) is 21.6 Å². The van der Waals surface area contributed by atoms with Crippen molar-refractivity contribution in [1.82, 2.24) is 9.97 Å². The molecule has 1 aromatic carbocycles. The van der Waals surface area contributed by atoms with Gasteiger partial charge in [-0.15, -0.1) is 0 Å². The number of aryl methyl sites for hydroxylation is 1. The molecule has 0 fully saturated rings. The minimum Gasteiger partial charge on any atom is -0.407 e. The summed E-state index contributed by atoms with van der Waals surface area (Å²) in [6.45, 7) is 1.89. The maximum atomic E-state index is 11.1. The van der Waals surface area contributed by atoms with Crippen LogP contribution >= 0.6 is 11.6 Å². The number of nitrogens with zero attached hydrogens (tertiary/aromatic N) is 1. The highest BCUT2D eigenvalue weighted by Crippen LogP contribution is 2.26. The molecule has 2 aromatic heterocycles. The van der Waals surface area contributed by atoms with Gasteiger partial charge in [0.15, 0.2) is 5.58 Å². The van der Waals surface area contributed by atoms with Gasteiger partial charge in [-0.25, -0.2) is 4.79 Å². The van der Waals surface area contributed by atoms with E-state index < -0.39 is 5.76 Å². The number of aromatic amines is 1. The molecule has 2 heterocycles. The zero-order chi connectivity index (χ0) is 11.3. The summed E-state index contributed by atoms with van der Waals surface area (Å²) in [5.74, 6) is -0.475. The summed E-state index contributed by atoms with van der Waals surface area (Å²) in [6.07, 6.45) is 1.56. The minimum absolute atomic E-state index is 0.475. The maximum Gasteiger partial charge on any atom is 0.417 e. The molecule has 0 aliphatic rings. The number of fused-ring (bicyclic) bond motifs is 3. The van der Waals surface area contributed by atoms with Gasteiger partial charge < -0.3 is 4.42 Å². The number of H-pyrrole nitrogens is 1. The smallest absolute Gasteiger partial charge is 0.407 e. The highest BCUT2D eigenvalue weighted by atomic mass is 35.5. The molecule has 0 aliphatic heterocycles. The Labute approximate surface area is 94.9 Å². The van der Waals surface area contributed by atoms with Crippen LogP contribution in [0.4, 0.5) is 0 Å². The standard InChI is InChI=1S/C11H7ClN2O2/c1-5-2-6-8(3-7(5)12)13-4-9-10(6)16-11(15)14-9/h2-4H,1H3,(H,14,15). The molecule has 5 heteroatoms. The first-order valence-electron chi connectivity index (χ1n) is 4.73. The van der Waals surface area contributed by atoms with Gasteiger partial charge in [-0.3, -0.25) is 9.97 Å². The Morgan fingerprint density at radius 1 is 1.44 bits per heavy atom. The predicted molar refractivity (Wildman–Crippen MR) is 61.9 cm³/mol. The zero-order valence-corrected chi connectivity index (χ0v) is 9.13.